The van der Waals surface area contributed by atoms with Crippen molar-refractivity contribution in [3.8, 4) is 16.9 Å². The molecule has 6 atom stereocenters. The fraction of sp³-hybridized carbons (Fsp3) is 0.462. The second-order valence-electron chi connectivity index (χ2n) is 9.07. The van der Waals surface area contributed by atoms with Gasteiger partial charge in [-0.3, -0.25) is 4.98 Å². The summed E-state index contributed by atoms with van der Waals surface area (Å²) in [6, 6.07) is 8.14. The van der Waals surface area contributed by atoms with Gasteiger partial charge in [0.25, 0.3) is 0 Å². The summed E-state index contributed by atoms with van der Waals surface area (Å²) in [6.45, 7) is 6.11. The van der Waals surface area contributed by atoms with Crippen molar-refractivity contribution in [3.63, 3.8) is 0 Å². The van der Waals surface area contributed by atoms with Crippen LogP contribution in [0.5, 0.6) is 5.75 Å². The Morgan fingerprint density at radius 2 is 2.09 bits per heavy atom. The number of rotatable bonds is 5. The van der Waals surface area contributed by atoms with Crippen molar-refractivity contribution in [1.29, 1.82) is 0 Å². The van der Waals surface area contributed by atoms with E-state index in [1.165, 1.54) is 12.1 Å². The lowest BCUT2D eigenvalue weighted by molar-refractivity contribution is -0.160. The van der Waals surface area contributed by atoms with Gasteiger partial charge in [0, 0.05) is 23.2 Å². The lowest BCUT2D eigenvalue weighted by Crippen LogP contribution is -2.53. The van der Waals surface area contributed by atoms with Crippen molar-refractivity contribution in [2.24, 2.45) is 23.7 Å². The number of methoxy groups -OCH3 is 1. The highest BCUT2D eigenvalue weighted by Gasteiger charge is 2.62. The van der Waals surface area contributed by atoms with Crippen LogP contribution in [0, 0.1) is 29.5 Å². The van der Waals surface area contributed by atoms with E-state index in [2.05, 4.69) is 24.9 Å². The highest BCUT2D eigenvalue weighted by atomic mass is 19.1. The molecule has 1 aromatic heterocycles. The molecular formula is C26H30FNO4. The van der Waals surface area contributed by atoms with Gasteiger partial charge in [-0.25, -0.2) is 9.18 Å². The zero-order valence-corrected chi connectivity index (χ0v) is 18.9. The van der Waals surface area contributed by atoms with E-state index < -0.39 is 11.6 Å². The van der Waals surface area contributed by atoms with E-state index >= 15 is 0 Å². The number of aromatic nitrogens is 1. The van der Waals surface area contributed by atoms with E-state index in [1.807, 2.05) is 25.1 Å². The molecule has 1 aliphatic carbocycles. The van der Waals surface area contributed by atoms with Crippen LogP contribution in [-0.4, -0.2) is 34.9 Å². The van der Waals surface area contributed by atoms with Crippen LogP contribution in [-0.2, 0) is 9.53 Å². The number of hydrogen-bond donors (Lipinski definition) is 1. The van der Waals surface area contributed by atoms with Gasteiger partial charge in [-0.1, -0.05) is 32.4 Å². The first-order valence-electron chi connectivity index (χ1n) is 11.2. The highest BCUT2D eigenvalue weighted by molar-refractivity contribution is 5.82. The van der Waals surface area contributed by atoms with Crippen LogP contribution in [0.15, 0.2) is 42.6 Å². The number of allylic oxidation sites excluding steroid dienone is 1. The van der Waals surface area contributed by atoms with Crippen molar-refractivity contribution in [3.05, 3.63) is 54.1 Å². The Balaban J connectivity index is 1.62. The number of cyclic esters (lactones) is 1. The summed E-state index contributed by atoms with van der Waals surface area (Å²) in [6.07, 6.45) is 6.76. The van der Waals surface area contributed by atoms with Gasteiger partial charge in [-0.15, -0.1) is 0 Å². The van der Waals surface area contributed by atoms with Crippen LogP contribution in [0.3, 0.4) is 0 Å². The molecule has 6 unspecified atom stereocenters. The van der Waals surface area contributed by atoms with E-state index in [9.17, 15) is 14.3 Å². The molecular weight excluding hydrogens is 409 g/mol. The lowest BCUT2D eigenvalue weighted by atomic mass is 9.59. The summed E-state index contributed by atoms with van der Waals surface area (Å²) in [5.74, 6) is 0.00718. The molecule has 1 saturated heterocycles. The molecule has 6 heteroatoms. The van der Waals surface area contributed by atoms with E-state index in [4.69, 9.17) is 9.47 Å². The second kappa shape index (κ2) is 8.66. The number of hydrogen-bond acceptors (Lipinski definition) is 5. The first kappa shape index (κ1) is 22.5. The third kappa shape index (κ3) is 3.81. The average Bonchev–Trinajstić information content (AvgIpc) is 2.99. The number of carbonyl (C=O) groups is 1. The average molecular weight is 440 g/mol. The Kier molecular flexibility index (Phi) is 6.08. The van der Waals surface area contributed by atoms with Gasteiger partial charge < -0.3 is 14.6 Å². The second-order valence-corrected chi connectivity index (χ2v) is 9.07. The summed E-state index contributed by atoms with van der Waals surface area (Å²) < 4.78 is 24.5. The van der Waals surface area contributed by atoms with Gasteiger partial charge in [-0.05, 0) is 61.4 Å². The largest absolute Gasteiger partial charge is 0.496 e. The first-order valence-corrected chi connectivity index (χ1v) is 11.2. The van der Waals surface area contributed by atoms with Gasteiger partial charge in [0.05, 0.1) is 12.8 Å². The van der Waals surface area contributed by atoms with E-state index in [0.29, 0.717) is 23.7 Å². The molecule has 0 radical (unpaired) electrons. The summed E-state index contributed by atoms with van der Waals surface area (Å²) in [4.78, 5) is 16.9. The minimum Gasteiger partial charge on any atom is -0.496 e. The number of nitrogens with zero attached hydrogens (tertiary/aromatic N) is 1. The third-order valence-corrected chi connectivity index (χ3v) is 7.20. The monoisotopic (exact) mass is 439 g/mol. The molecule has 2 aromatic rings. The molecule has 1 aromatic carbocycles. The van der Waals surface area contributed by atoms with Crippen molar-refractivity contribution in [1.82, 2.24) is 4.98 Å². The van der Waals surface area contributed by atoms with E-state index in [1.54, 1.807) is 19.4 Å². The number of pyridine rings is 1. The van der Waals surface area contributed by atoms with Crippen molar-refractivity contribution in [2.75, 3.05) is 7.11 Å². The van der Waals surface area contributed by atoms with Crippen LogP contribution < -0.4 is 4.74 Å². The minimum absolute atomic E-state index is 0.00000947. The maximum Gasteiger partial charge on any atom is 0.338 e. The number of aliphatic hydroxyl groups is 1. The van der Waals surface area contributed by atoms with Gasteiger partial charge in [-0.2, -0.15) is 0 Å². The molecule has 1 N–H and O–H groups in total. The first-order chi connectivity index (χ1) is 15.3. The molecule has 5 nitrogen and oxygen atoms in total. The molecule has 1 aliphatic heterocycles. The maximum absolute atomic E-state index is 13.7. The van der Waals surface area contributed by atoms with E-state index in [-0.39, 0.29) is 29.7 Å². The van der Waals surface area contributed by atoms with Gasteiger partial charge >= 0.3 is 5.97 Å². The molecule has 0 bridgehead atoms. The number of carbonyl (C=O) groups excluding carboxylic acids is 1. The number of ether oxygens (including phenoxy) is 2. The highest BCUT2D eigenvalue weighted by Crippen LogP contribution is 2.52. The topological polar surface area (TPSA) is 68.7 Å². The fourth-order valence-corrected chi connectivity index (χ4v) is 5.72. The summed E-state index contributed by atoms with van der Waals surface area (Å²) in [5, 5.41) is 11.2. The predicted octanol–water partition coefficient (Wildman–Crippen LogP) is 4.88. The molecule has 2 aliphatic rings. The number of benzene rings is 1. The van der Waals surface area contributed by atoms with Gasteiger partial charge in [0.15, 0.2) is 5.60 Å². The Hall–Kier alpha value is -2.73. The van der Waals surface area contributed by atoms with Crippen molar-refractivity contribution >= 4 is 12.0 Å². The predicted molar refractivity (Wildman–Crippen MR) is 120 cm³/mol. The van der Waals surface area contributed by atoms with Crippen molar-refractivity contribution in [2.45, 2.75) is 45.3 Å². The summed E-state index contributed by atoms with van der Waals surface area (Å²) in [7, 11) is 1.55. The van der Waals surface area contributed by atoms with Crippen LogP contribution in [0.4, 0.5) is 4.39 Å². The molecule has 2 fully saturated rings. The maximum atomic E-state index is 13.7. The minimum atomic E-state index is -1.43. The molecule has 4 rings (SSSR count). The molecule has 0 spiro atoms. The number of halogens is 1. The SMILES string of the molecule is CCC1C(C)CC2(O)C(=O)OC(C)C2C1/C=C/c1ccc(-c2cc(F)ccc2OC)cn1. The normalized spacial score (nSPS) is 32.1. The Morgan fingerprint density at radius 3 is 2.75 bits per heavy atom. The van der Waals surface area contributed by atoms with Crippen LogP contribution in [0.2, 0.25) is 0 Å². The molecule has 2 heterocycles. The van der Waals surface area contributed by atoms with Crippen LogP contribution in [0.25, 0.3) is 17.2 Å². The van der Waals surface area contributed by atoms with Gasteiger partial charge in [0.1, 0.15) is 17.7 Å². The van der Waals surface area contributed by atoms with E-state index in [0.717, 1.165) is 17.7 Å². The molecule has 1 saturated carbocycles. The van der Waals surface area contributed by atoms with Gasteiger partial charge in [0.2, 0.25) is 0 Å². The van der Waals surface area contributed by atoms with Crippen LogP contribution in [0.1, 0.15) is 39.3 Å². The lowest BCUT2D eigenvalue weighted by Gasteiger charge is -2.45. The molecule has 170 valence electrons. The van der Waals surface area contributed by atoms with Crippen LogP contribution >= 0.6 is 0 Å². The Labute approximate surface area is 188 Å². The zero-order valence-electron chi connectivity index (χ0n) is 18.9. The molecule has 32 heavy (non-hydrogen) atoms. The zero-order chi connectivity index (χ0) is 23.0. The quantitative estimate of drug-likeness (QED) is 0.672. The Morgan fingerprint density at radius 1 is 1.31 bits per heavy atom. The molecule has 0 amide bonds. The standard InChI is InChI=1S/C26H30FNO4/c1-5-20-15(2)13-26(30)24(16(3)32-25(26)29)21(20)10-9-19-8-6-17(14-28-19)22-12-18(27)7-11-23(22)31-4/h6-12,14-16,20-21,24,30H,5,13H2,1-4H3/b10-9+. The Bertz CT molecular complexity index is 1020. The number of fused-ring (bicyclic) bond motifs is 1. The summed E-state index contributed by atoms with van der Waals surface area (Å²) in [5.41, 5.74) is 0.723. The third-order valence-electron chi connectivity index (χ3n) is 7.20. The fourth-order valence-electron chi connectivity index (χ4n) is 5.72. The van der Waals surface area contributed by atoms with Crippen molar-refractivity contribution < 1.29 is 23.8 Å². The smallest absolute Gasteiger partial charge is 0.338 e. The summed E-state index contributed by atoms with van der Waals surface area (Å²) >= 11 is 0. The number of esters is 1.